The average molecular weight is 433 g/mol. The first-order valence-corrected chi connectivity index (χ1v) is 12.1. The smallest absolute Gasteiger partial charge is 0.252 e. The third kappa shape index (κ3) is 4.13. The Kier molecular flexibility index (Phi) is 5.92. The second kappa shape index (κ2) is 8.47. The summed E-state index contributed by atoms with van der Waals surface area (Å²) in [6.07, 6.45) is 7.24. The molecule has 1 N–H and O–H groups in total. The molecule has 1 saturated heterocycles. The fraction of sp³-hybridized carbons (Fsp3) is 0.571. The quantitative estimate of drug-likeness (QED) is 0.778. The molecule has 1 aliphatic heterocycles. The Hall–Kier alpha value is -2.26. The highest BCUT2D eigenvalue weighted by Gasteiger charge is 2.40. The Bertz CT molecular complexity index is 1010. The van der Waals surface area contributed by atoms with Crippen LogP contribution in [0.15, 0.2) is 33.7 Å². The van der Waals surface area contributed by atoms with Gasteiger partial charge in [-0.3, -0.25) is 4.79 Å². The molecule has 0 unspecified atom stereocenters. The number of carbonyl (C=O) groups is 1. The third-order valence-corrected chi connectivity index (χ3v) is 7.96. The van der Waals surface area contributed by atoms with Crippen LogP contribution in [0.4, 0.5) is 0 Å². The van der Waals surface area contributed by atoms with E-state index in [1.165, 1.54) is 10.4 Å². The lowest BCUT2D eigenvalue weighted by atomic mass is 9.80. The zero-order chi connectivity index (χ0) is 21.2. The molecule has 2 aliphatic rings. The van der Waals surface area contributed by atoms with E-state index in [1.54, 1.807) is 25.1 Å². The molecule has 162 valence electrons. The molecule has 1 amide bonds. The maximum absolute atomic E-state index is 13.1. The standard InChI is InChI=1S/C21H28N4O4S/c1-16-22-20(24-29-16)21(11-4-2-5-12-21)23-19(26)17-9-8-10-18(15-17)30(27,28)25-13-6-3-7-14-25/h8-10,15H,2-7,11-14H2,1H3,(H,23,26). The summed E-state index contributed by atoms with van der Waals surface area (Å²) in [5.74, 6) is 0.624. The Morgan fingerprint density at radius 1 is 1.10 bits per heavy atom. The Balaban J connectivity index is 1.59. The van der Waals surface area contributed by atoms with Gasteiger partial charge in [-0.25, -0.2) is 8.42 Å². The van der Waals surface area contributed by atoms with E-state index >= 15 is 0 Å². The molecule has 9 heteroatoms. The number of aryl methyl sites for hydroxylation is 1. The predicted octanol–water partition coefficient (Wildman–Crippen LogP) is 3.14. The van der Waals surface area contributed by atoms with Crippen molar-refractivity contribution < 1.29 is 17.7 Å². The van der Waals surface area contributed by atoms with Gasteiger partial charge in [0.25, 0.3) is 5.91 Å². The van der Waals surface area contributed by atoms with Gasteiger partial charge in [-0.2, -0.15) is 9.29 Å². The summed E-state index contributed by atoms with van der Waals surface area (Å²) in [6.45, 7) is 2.78. The molecular weight excluding hydrogens is 404 g/mol. The molecule has 8 nitrogen and oxygen atoms in total. The Labute approximate surface area is 177 Å². The van der Waals surface area contributed by atoms with Crippen LogP contribution in [0.25, 0.3) is 0 Å². The van der Waals surface area contributed by atoms with E-state index in [2.05, 4.69) is 15.5 Å². The van der Waals surface area contributed by atoms with Gasteiger partial charge in [0.15, 0.2) is 5.82 Å². The molecule has 1 aliphatic carbocycles. The summed E-state index contributed by atoms with van der Waals surface area (Å²) in [7, 11) is -3.60. The van der Waals surface area contributed by atoms with E-state index in [1.807, 2.05) is 0 Å². The topological polar surface area (TPSA) is 105 Å². The summed E-state index contributed by atoms with van der Waals surface area (Å²) in [5.41, 5.74) is -0.368. The van der Waals surface area contributed by atoms with Crippen LogP contribution in [0.3, 0.4) is 0 Å². The first-order chi connectivity index (χ1) is 14.4. The molecule has 30 heavy (non-hydrogen) atoms. The summed E-state index contributed by atoms with van der Waals surface area (Å²) in [6, 6.07) is 6.29. The van der Waals surface area contributed by atoms with Crippen molar-refractivity contribution in [2.45, 2.75) is 68.7 Å². The van der Waals surface area contributed by atoms with E-state index in [4.69, 9.17) is 4.52 Å². The van der Waals surface area contributed by atoms with Crippen molar-refractivity contribution in [3.63, 3.8) is 0 Å². The zero-order valence-corrected chi connectivity index (χ0v) is 18.1. The molecule has 0 bridgehead atoms. The second-order valence-corrected chi connectivity index (χ2v) is 10.2. The largest absolute Gasteiger partial charge is 0.340 e. The normalized spacial score (nSPS) is 20.0. The van der Waals surface area contributed by atoms with E-state index in [0.717, 1.165) is 51.4 Å². The van der Waals surface area contributed by atoms with Gasteiger partial charge in [0.2, 0.25) is 15.9 Å². The first kappa shape index (κ1) is 21.0. The highest BCUT2D eigenvalue weighted by atomic mass is 32.2. The summed E-state index contributed by atoms with van der Waals surface area (Å²) < 4.78 is 32.7. The van der Waals surface area contributed by atoms with Gasteiger partial charge in [-0.15, -0.1) is 0 Å². The van der Waals surface area contributed by atoms with Crippen LogP contribution in [-0.4, -0.2) is 41.9 Å². The van der Waals surface area contributed by atoms with E-state index < -0.39 is 15.6 Å². The lowest BCUT2D eigenvalue weighted by Gasteiger charge is -2.35. The van der Waals surface area contributed by atoms with Crippen LogP contribution in [0.2, 0.25) is 0 Å². The van der Waals surface area contributed by atoms with Gasteiger partial charge < -0.3 is 9.84 Å². The summed E-state index contributed by atoms with van der Waals surface area (Å²) >= 11 is 0. The van der Waals surface area contributed by atoms with Crippen LogP contribution in [0.1, 0.15) is 73.4 Å². The molecule has 2 fully saturated rings. The van der Waals surface area contributed by atoms with E-state index in [0.29, 0.717) is 30.4 Å². The highest BCUT2D eigenvalue weighted by Crippen LogP contribution is 2.36. The number of benzene rings is 1. The van der Waals surface area contributed by atoms with Crippen LogP contribution in [0, 0.1) is 6.92 Å². The lowest BCUT2D eigenvalue weighted by Crippen LogP contribution is -2.48. The number of nitrogens with one attached hydrogen (secondary N) is 1. The Morgan fingerprint density at radius 2 is 1.80 bits per heavy atom. The molecular formula is C21H28N4O4S. The molecule has 0 radical (unpaired) electrons. The van der Waals surface area contributed by atoms with Gasteiger partial charge >= 0.3 is 0 Å². The number of amides is 1. The number of sulfonamides is 1. The van der Waals surface area contributed by atoms with Gasteiger partial charge in [-0.05, 0) is 43.9 Å². The maximum atomic E-state index is 13.1. The monoisotopic (exact) mass is 432 g/mol. The van der Waals surface area contributed by atoms with Crippen LogP contribution < -0.4 is 5.32 Å². The number of hydrogen-bond acceptors (Lipinski definition) is 6. The lowest BCUT2D eigenvalue weighted by molar-refractivity contribution is 0.0855. The predicted molar refractivity (Wildman–Crippen MR) is 110 cm³/mol. The van der Waals surface area contributed by atoms with Gasteiger partial charge in [0, 0.05) is 25.6 Å². The van der Waals surface area contributed by atoms with Gasteiger partial charge in [0.1, 0.15) is 5.54 Å². The molecule has 0 atom stereocenters. The number of aromatic nitrogens is 2. The number of rotatable bonds is 5. The van der Waals surface area contributed by atoms with Gasteiger partial charge in [0.05, 0.1) is 4.90 Å². The first-order valence-electron chi connectivity index (χ1n) is 10.6. The molecule has 4 rings (SSSR count). The molecule has 0 spiro atoms. The minimum atomic E-state index is -3.60. The number of piperidine rings is 1. The summed E-state index contributed by atoms with van der Waals surface area (Å²) in [4.78, 5) is 17.7. The van der Waals surface area contributed by atoms with Gasteiger partial charge in [-0.1, -0.05) is 36.9 Å². The molecule has 2 heterocycles. The molecule has 1 saturated carbocycles. The average Bonchev–Trinajstić information content (AvgIpc) is 3.22. The fourth-order valence-electron chi connectivity index (χ4n) is 4.40. The fourth-order valence-corrected chi connectivity index (χ4v) is 5.96. The number of carbonyl (C=O) groups excluding carboxylic acids is 1. The van der Waals surface area contributed by atoms with Crippen molar-refractivity contribution in [3.05, 3.63) is 41.5 Å². The van der Waals surface area contributed by atoms with Crippen molar-refractivity contribution in [1.29, 1.82) is 0 Å². The minimum absolute atomic E-state index is 0.158. The third-order valence-electron chi connectivity index (χ3n) is 6.06. The SMILES string of the molecule is Cc1nc(C2(NC(=O)c3cccc(S(=O)(=O)N4CCCCC4)c3)CCCCC2)no1. The van der Waals surface area contributed by atoms with Crippen LogP contribution >= 0.6 is 0 Å². The number of nitrogens with zero attached hydrogens (tertiary/aromatic N) is 3. The molecule has 2 aromatic rings. The summed E-state index contributed by atoms with van der Waals surface area (Å²) in [5, 5.41) is 7.18. The number of hydrogen-bond donors (Lipinski definition) is 1. The molecule has 1 aromatic carbocycles. The maximum Gasteiger partial charge on any atom is 0.252 e. The van der Waals surface area contributed by atoms with Crippen molar-refractivity contribution in [1.82, 2.24) is 19.8 Å². The van der Waals surface area contributed by atoms with Crippen molar-refractivity contribution in [2.24, 2.45) is 0 Å². The Morgan fingerprint density at radius 3 is 2.47 bits per heavy atom. The minimum Gasteiger partial charge on any atom is -0.340 e. The van der Waals surface area contributed by atoms with Crippen molar-refractivity contribution in [2.75, 3.05) is 13.1 Å². The van der Waals surface area contributed by atoms with E-state index in [9.17, 15) is 13.2 Å². The van der Waals surface area contributed by atoms with E-state index in [-0.39, 0.29) is 10.8 Å². The zero-order valence-electron chi connectivity index (χ0n) is 17.3. The molecule has 1 aromatic heterocycles. The van der Waals surface area contributed by atoms with Crippen LogP contribution in [-0.2, 0) is 15.6 Å². The van der Waals surface area contributed by atoms with Crippen molar-refractivity contribution >= 4 is 15.9 Å². The highest BCUT2D eigenvalue weighted by molar-refractivity contribution is 7.89. The second-order valence-electron chi connectivity index (χ2n) is 8.23. The van der Waals surface area contributed by atoms with Crippen molar-refractivity contribution in [3.8, 4) is 0 Å². The van der Waals surface area contributed by atoms with Crippen LogP contribution in [0.5, 0.6) is 0 Å².